The van der Waals surface area contributed by atoms with Gasteiger partial charge in [0.05, 0.1) is 6.21 Å². The Morgan fingerprint density at radius 2 is 1.94 bits per heavy atom. The van der Waals surface area contributed by atoms with Crippen LogP contribution in [0.1, 0.15) is 13.8 Å². The fraction of sp³-hybridized carbons (Fsp3) is 0.714. The molecule has 0 rings (SSSR count). The Kier molecular flexibility index (Phi) is 14.0. The number of oxime groups is 1. The van der Waals surface area contributed by atoms with Gasteiger partial charge in [0.1, 0.15) is 0 Å². The summed E-state index contributed by atoms with van der Waals surface area (Å²) in [5, 5.41) is 5.81. The molecule has 0 aliphatic heterocycles. The van der Waals surface area contributed by atoms with E-state index < -0.39 is 13.9 Å². The summed E-state index contributed by atoms with van der Waals surface area (Å²) in [6.45, 7) is 3.96. The predicted molar refractivity (Wildman–Crippen MR) is 63.7 cm³/mol. The Hall–Kier alpha value is -0.00260. The molecular formula is C7H16LiN2O6PS. The quantitative estimate of drug-likeness (QED) is 0.165. The summed E-state index contributed by atoms with van der Waals surface area (Å²) in [5.74, 6) is 0. The van der Waals surface area contributed by atoms with Gasteiger partial charge < -0.3 is 20.0 Å². The molecule has 0 radical (unpaired) electrons. The molecule has 18 heavy (non-hydrogen) atoms. The monoisotopic (exact) mass is 294 g/mol. The smallest absolute Gasteiger partial charge is 0.756 e. The van der Waals surface area contributed by atoms with Crippen LogP contribution in [0.25, 0.3) is 0 Å². The van der Waals surface area contributed by atoms with Gasteiger partial charge in [-0.05, 0) is 20.1 Å². The first-order chi connectivity index (χ1) is 7.52. The van der Waals surface area contributed by atoms with Crippen molar-refractivity contribution in [3.05, 3.63) is 0 Å². The van der Waals surface area contributed by atoms with Crippen molar-refractivity contribution in [1.82, 2.24) is 5.32 Å². The molecule has 0 unspecified atom stereocenters. The molecule has 8 nitrogen and oxygen atoms in total. The Bertz CT molecular complexity index is 300. The zero-order valence-corrected chi connectivity index (χ0v) is 12.6. The molecule has 0 spiro atoms. The Labute approximate surface area is 122 Å². The summed E-state index contributed by atoms with van der Waals surface area (Å²) in [5.41, 5.74) is 0. The number of hydrogen-bond acceptors (Lipinski definition) is 6. The Balaban J connectivity index is -0.000000321. The van der Waals surface area contributed by atoms with Crippen LogP contribution >= 0.6 is 19.6 Å². The fourth-order valence-electron chi connectivity index (χ4n) is 0.299. The normalized spacial score (nSPS) is 11.1. The van der Waals surface area contributed by atoms with E-state index in [9.17, 15) is 4.79 Å². The number of amides is 1. The average Bonchev–Trinajstić information content (AvgIpc) is 2.14. The van der Waals surface area contributed by atoms with Crippen LogP contribution in [-0.2, 0) is 9.40 Å². The summed E-state index contributed by atoms with van der Waals surface area (Å²) >= 11 is 1.63. The molecule has 0 fully saturated rings. The molecule has 11 heteroatoms. The molecule has 0 aromatic heterocycles. The van der Waals surface area contributed by atoms with Gasteiger partial charge in [-0.2, -0.15) is 11.8 Å². The van der Waals surface area contributed by atoms with Crippen molar-refractivity contribution in [3.8, 4) is 0 Å². The van der Waals surface area contributed by atoms with Crippen molar-refractivity contribution in [2.45, 2.75) is 18.6 Å². The third-order valence-electron chi connectivity index (χ3n) is 1.23. The van der Waals surface area contributed by atoms with E-state index in [1.165, 1.54) is 7.05 Å². The molecule has 0 heterocycles. The van der Waals surface area contributed by atoms with E-state index in [2.05, 4.69) is 15.3 Å². The van der Waals surface area contributed by atoms with Gasteiger partial charge in [0.15, 0.2) is 0 Å². The second-order valence-corrected chi connectivity index (χ2v) is 5.60. The van der Waals surface area contributed by atoms with Crippen molar-refractivity contribution >= 4 is 31.9 Å². The second-order valence-electron chi connectivity index (χ2n) is 3.16. The Morgan fingerprint density at radius 1 is 1.56 bits per heavy atom. The fourth-order valence-corrected chi connectivity index (χ4v) is 0.448. The molecule has 0 bridgehead atoms. The molecule has 0 saturated carbocycles. The van der Waals surface area contributed by atoms with Gasteiger partial charge in [0.2, 0.25) is 0 Å². The molecule has 0 aliphatic rings. The molecule has 3 N–H and O–H groups in total. The summed E-state index contributed by atoms with van der Waals surface area (Å²) in [7, 11) is -3.41. The Morgan fingerprint density at radius 3 is 2.22 bits per heavy atom. The van der Waals surface area contributed by atoms with Crippen LogP contribution in [0.5, 0.6) is 0 Å². The number of rotatable bonds is 3. The van der Waals surface area contributed by atoms with Crippen molar-refractivity contribution in [3.63, 3.8) is 0 Å². The molecule has 0 aromatic rings. The van der Waals surface area contributed by atoms with Gasteiger partial charge in [0.25, 0.3) is 7.82 Å². The van der Waals surface area contributed by atoms with Gasteiger partial charge in [-0.25, -0.2) is 4.79 Å². The van der Waals surface area contributed by atoms with Gasteiger partial charge in [0, 0.05) is 11.8 Å². The number of thioether (sulfide) groups is 1. The van der Waals surface area contributed by atoms with E-state index in [0.717, 1.165) is 0 Å². The molecule has 0 atom stereocenters. The number of nitrogens with zero attached hydrogens (tertiary/aromatic N) is 1. The maximum atomic E-state index is 10.5. The minimum atomic E-state index is -4.89. The van der Waals surface area contributed by atoms with E-state index in [1.54, 1.807) is 18.0 Å². The van der Waals surface area contributed by atoms with Crippen LogP contribution in [-0.4, -0.2) is 40.1 Å². The van der Waals surface area contributed by atoms with Crippen LogP contribution in [0, 0.1) is 0 Å². The molecule has 102 valence electrons. The maximum absolute atomic E-state index is 10.5. The van der Waals surface area contributed by atoms with Crippen molar-refractivity contribution in [2.24, 2.45) is 5.16 Å². The van der Waals surface area contributed by atoms with Gasteiger partial charge in [-0.3, -0.25) is 9.40 Å². The largest absolute Gasteiger partial charge is 1.00 e. The number of carbonyl (C=O) groups is 1. The summed E-state index contributed by atoms with van der Waals surface area (Å²) in [4.78, 5) is 37.9. The second kappa shape index (κ2) is 10.9. The summed E-state index contributed by atoms with van der Waals surface area (Å²) < 4.78 is 8.67. The van der Waals surface area contributed by atoms with Gasteiger partial charge >= 0.3 is 25.0 Å². The molecule has 0 aliphatic carbocycles. The van der Waals surface area contributed by atoms with Crippen LogP contribution in [0.2, 0.25) is 0 Å². The van der Waals surface area contributed by atoms with Crippen molar-refractivity contribution in [2.75, 3.05) is 13.3 Å². The first-order valence-corrected chi connectivity index (χ1v) is 7.02. The van der Waals surface area contributed by atoms with Crippen molar-refractivity contribution < 1.29 is 47.7 Å². The topological polar surface area (TPSA) is 131 Å². The summed E-state index contributed by atoms with van der Waals surface area (Å²) in [6.07, 6.45) is 3.00. The number of nitrogens with one attached hydrogen (secondary N) is 1. The van der Waals surface area contributed by atoms with Crippen LogP contribution in [0.4, 0.5) is 4.79 Å². The molecule has 0 saturated heterocycles. The molecular weight excluding hydrogens is 278 g/mol. The number of phosphoric acid groups is 1. The molecule has 1 amide bonds. The minimum Gasteiger partial charge on any atom is -0.756 e. The third kappa shape index (κ3) is 25.0. The minimum absolute atomic E-state index is 0. The standard InChI is InChI=1S/C7H14N2O2S.Li.H3O4P/c1-7(2,12-4)5-9-11-6(10)8-3;;1-5(2,3)4/h5H,1-4H3,(H,8,10);;(H3,1,2,3,4)/q;+1;/p-1/b9-5+;;. The van der Waals surface area contributed by atoms with E-state index >= 15 is 0 Å². The van der Waals surface area contributed by atoms with E-state index in [4.69, 9.17) is 19.2 Å². The zero-order chi connectivity index (χ0) is 14.1. The third-order valence-corrected chi connectivity index (χ3v) is 2.39. The van der Waals surface area contributed by atoms with Crippen LogP contribution < -0.4 is 29.1 Å². The number of hydrogen-bond donors (Lipinski definition) is 3. The maximum Gasteiger partial charge on any atom is 1.00 e. The summed E-state index contributed by atoms with van der Waals surface area (Å²) in [6, 6.07) is 0. The zero-order valence-electron chi connectivity index (χ0n) is 10.9. The van der Waals surface area contributed by atoms with Crippen LogP contribution in [0.15, 0.2) is 5.16 Å². The first-order valence-electron chi connectivity index (χ1n) is 4.27. The van der Waals surface area contributed by atoms with Gasteiger partial charge in [-0.1, -0.05) is 5.16 Å². The average molecular weight is 294 g/mol. The first kappa shape index (κ1) is 23.1. The predicted octanol–water partition coefficient (Wildman–Crippen LogP) is -3.09. The number of carbonyl (C=O) groups excluding carboxylic acids is 1. The SMILES string of the molecule is CNC(=O)O/N=C/C(C)(C)SC.O=P([O-])(O)O.[Li+]. The van der Waals surface area contributed by atoms with Gasteiger partial charge in [-0.15, -0.1) is 0 Å². The molecule has 0 aromatic carbocycles. The van der Waals surface area contributed by atoms with E-state index in [1.807, 2.05) is 20.1 Å². The van der Waals surface area contributed by atoms with E-state index in [0.29, 0.717) is 0 Å². The van der Waals surface area contributed by atoms with Crippen molar-refractivity contribution in [1.29, 1.82) is 0 Å². The van der Waals surface area contributed by atoms with E-state index in [-0.39, 0.29) is 23.6 Å². The van der Waals surface area contributed by atoms with Crippen LogP contribution in [0.3, 0.4) is 0 Å².